The molecule has 1 aliphatic rings. The predicted octanol–water partition coefficient (Wildman–Crippen LogP) is 6.41. The van der Waals surface area contributed by atoms with Gasteiger partial charge in [0.15, 0.2) is 5.69 Å². The van der Waals surface area contributed by atoms with Gasteiger partial charge in [-0.25, -0.2) is 23.1 Å². The van der Waals surface area contributed by atoms with Crippen molar-refractivity contribution in [2.45, 2.75) is 43.4 Å². The lowest BCUT2D eigenvalue weighted by atomic mass is 9.80. The Bertz CT molecular complexity index is 2040. The molecular weight excluding hydrogens is 604 g/mol. The molecule has 3 heterocycles. The molecule has 3 aromatic heterocycles. The molecule has 2 aromatic carbocycles. The largest absolute Gasteiger partial charge is 0.476 e. The summed E-state index contributed by atoms with van der Waals surface area (Å²) in [6, 6.07) is 16.3. The van der Waals surface area contributed by atoms with Crippen LogP contribution in [0.2, 0.25) is 0 Å². The first-order valence-corrected chi connectivity index (χ1v) is 17.0. The van der Waals surface area contributed by atoms with E-state index in [2.05, 4.69) is 22.7 Å². The highest BCUT2D eigenvalue weighted by molar-refractivity contribution is 7.98. The van der Waals surface area contributed by atoms with Crippen molar-refractivity contribution in [2.75, 3.05) is 0 Å². The van der Waals surface area contributed by atoms with Gasteiger partial charge in [-0.1, -0.05) is 36.5 Å². The van der Waals surface area contributed by atoms with Crippen LogP contribution in [0, 0.1) is 24.6 Å². The molecule has 0 radical (unpaired) electrons. The number of aromatic nitrogens is 3. The molecular formula is C32H27FN4O3S3. The standard InChI is InChI=1S/C32H27FN4O3S3/c1-19-9-12-24(42-19)13-10-20-5-3-8-23(15-20)29-25(16-21-11-14-28(26(33)17-21)43(2,34)40)30(22-6-4-7-22)37(36-29)32-35-27(18-41-32)31(38)39/h3,5,8-9,11-12,14-15,17-18,22H,2,4,6-7,16H2,1H3,(H2,34,40)(H,38,39). The van der Waals surface area contributed by atoms with Crippen LogP contribution in [0.25, 0.3) is 16.4 Å². The van der Waals surface area contributed by atoms with Crippen molar-refractivity contribution in [3.63, 3.8) is 0 Å². The number of aryl methyl sites for hydroxylation is 1. The van der Waals surface area contributed by atoms with Crippen molar-refractivity contribution >= 4 is 44.2 Å². The summed E-state index contributed by atoms with van der Waals surface area (Å²) in [4.78, 5) is 18.0. The number of aromatic carboxylic acids is 1. The van der Waals surface area contributed by atoms with E-state index in [1.165, 1.54) is 33.7 Å². The van der Waals surface area contributed by atoms with Crippen LogP contribution in [0.15, 0.2) is 64.9 Å². The van der Waals surface area contributed by atoms with E-state index in [1.807, 2.05) is 43.3 Å². The molecule has 1 unspecified atom stereocenters. The van der Waals surface area contributed by atoms with Crippen molar-refractivity contribution in [3.05, 3.63) is 104 Å². The fourth-order valence-electron chi connectivity index (χ4n) is 5.09. The van der Waals surface area contributed by atoms with Gasteiger partial charge in [0, 0.05) is 39.3 Å². The summed E-state index contributed by atoms with van der Waals surface area (Å²) in [5.41, 5.74) is 4.77. The Morgan fingerprint density at radius 3 is 2.65 bits per heavy atom. The molecule has 218 valence electrons. The number of nitrogens with zero attached hydrogens (tertiary/aromatic N) is 3. The van der Waals surface area contributed by atoms with Gasteiger partial charge in [0.2, 0.25) is 5.13 Å². The highest BCUT2D eigenvalue weighted by atomic mass is 32.2. The third-order valence-electron chi connectivity index (χ3n) is 7.36. The van der Waals surface area contributed by atoms with Gasteiger partial charge in [0.1, 0.15) is 5.82 Å². The van der Waals surface area contributed by atoms with Gasteiger partial charge in [0.05, 0.1) is 30.9 Å². The molecule has 5 aromatic rings. The number of carbonyl (C=O) groups is 1. The Hall–Kier alpha value is -4.08. The summed E-state index contributed by atoms with van der Waals surface area (Å²) in [5, 5.41) is 22.1. The highest BCUT2D eigenvalue weighted by Crippen LogP contribution is 2.43. The molecule has 0 aliphatic heterocycles. The number of hydrogen-bond acceptors (Lipinski definition) is 6. The van der Waals surface area contributed by atoms with Gasteiger partial charge in [-0.2, -0.15) is 5.10 Å². The van der Waals surface area contributed by atoms with Crippen LogP contribution in [0.5, 0.6) is 0 Å². The minimum absolute atomic E-state index is 0.0459. The molecule has 1 saturated carbocycles. The third kappa shape index (κ3) is 6.05. The zero-order valence-corrected chi connectivity index (χ0v) is 25.6. The third-order valence-corrected chi connectivity index (χ3v) is 10.2. The van der Waals surface area contributed by atoms with Crippen molar-refractivity contribution in [2.24, 2.45) is 5.14 Å². The predicted molar refractivity (Wildman–Crippen MR) is 170 cm³/mol. The summed E-state index contributed by atoms with van der Waals surface area (Å²) >= 11 is 2.85. The zero-order valence-electron chi connectivity index (χ0n) is 23.2. The molecule has 11 heteroatoms. The monoisotopic (exact) mass is 630 g/mol. The Morgan fingerprint density at radius 2 is 2.02 bits per heavy atom. The smallest absolute Gasteiger partial charge is 0.355 e. The topological polar surface area (TPSA) is 111 Å². The summed E-state index contributed by atoms with van der Waals surface area (Å²) in [6.07, 6.45) is 3.30. The van der Waals surface area contributed by atoms with E-state index in [0.29, 0.717) is 22.8 Å². The molecule has 1 fully saturated rings. The van der Waals surface area contributed by atoms with E-state index in [4.69, 9.17) is 10.2 Å². The summed E-state index contributed by atoms with van der Waals surface area (Å²) in [5.74, 6) is 8.30. The van der Waals surface area contributed by atoms with Gasteiger partial charge in [0.25, 0.3) is 0 Å². The lowest BCUT2D eigenvalue weighted by molar-refractivity contribution is 0.0691. The Kier molecular flexibility index (Phi) is 7.79. The molecule has 0 amide bonds. The maximum absolute atomic E-state index is 15.0. The maximum Gasteiger partial charge on any atom is 0.355 e. The second-order valence-electron chi connectivity index (χ2n) is 10.5. The normalized spacial score (nSPS) is 14.5. The van der Waals surface area contributed by atoms with Gasteiger partial charge >= 0.3 is 5.97 Å². The molecule has 43 heavy (non-hydrogen) atoms. The summed E-state index contributed by atoms with van der Waals surface area (Å²) in [6.45, 7) is 2.04. The number of rotatable bonds is 7. The van der Waals surface area contributed by atoms with E-state index >= 15 is 4.39 Å². The fraction of sp³-hybridized carbons (Fsp3) is 0.188. The molecule has 0 saturated heterocycles. The van der Waals surface area contributed by atoms with E-state index in [0.717, 1.165) is 46.5 Å². The summed E-state index contributed by atoms with van der Waals surface area (Å²) in [7, 11) is -3.21. The molecule has 1 atom stereocenters. The number of thiazole rings is 1. The molecule has 7 nitrogen and oxygen atoms in total. The van der Waals surface area contributed by atoms with Crippen LogP contribution in [-0.4, -0.2) is 35.9 Å². The average molecular weight is 631 g/mol. The van der Waals surface area contributed by atoms with Crippen LogP contribution in [0.3, 0.4) is 0 Å². The molecule has 0 spiro atoms. The van der Waals surface area contributed by atoms with Crippen LogP contribution >= 0.6 is 22.7 Å². The molecule has 3 N–H and O–H groups in total. The maximum atomic E-state index is 15.0. The lowest BCUT2D eigenvalue weighted by Crippen LogP contribution is -2.16. The van der Waals surface area contributed by atoms with Crippen molar-refractivity contribution in [1.82, 2.24) is 14.8 Å². The van der Waals surface area contributed by atoms with Crippen molar-refractivity contribution < 1.29 is 18.5 Å². The number of hydrogen-bond donors (Lipinski definition) is 2. The van der Waals surface area contributed by atoms with E-state index in [1.54, 1.807) is 22.1 Å². The summed E-state index contributed by atoms with van der Waals surface area (Å²) < 4.78 is 29.0. The SMILES string of the molecule is C=S(N)(=O)c1ccc(Cc2c(-c3cccc(C#Cc4ccc(C)s4)c3)nn(-c3nc(C(=O)O)cs3)c2C2CCC2)cc1F. The van der Waals surface area contributed by atoms with E-state index < -0.39 is 21.5 Å². The Labute approximate surface area is 257 Å². The van der Waals surface area contributed by atoms with Crippen LogP contribution in [-0.2, 0) is 16.1 Å². The Morgan fingerprint density at radius 1 is 1.21 bits per heavy atom. The second-order valence-corrected chi connectivity index (χ2v) is 14.5. The number of carboxylic acid groups (broad SMARTS) is 1. The van der Waals surface area contributed by atoms with Gasteiger partial charge in [-0.3, -0.25) is 5.14 Å². The number of nitrogens with two attached hydrogens (primary N) is 1. The Balaban J connectivity index is 1.50. The minimum Gasteiger partial charge on any atom is -0.476 e. The zero-order chi connectivity index (χ0) is 30.3. The van der Waals surface area contributed by atoms with E-state index in [9.17, 15) is 14.1 Å². The van der Waals surface area contributed by atoms with Crippen LogP contribution in [0.1, 0.15) is 67.8 Å². The van der Waals surface area contributed by atoms with E-state index in [-0.39, 0.29) is 16.5 Å². The quantitative estimate of drug-likeness (QED) is 0.160. The van der Waals surface area contributed by atoms with Crippen molar-refractivity contribution in [3.8, 4) is 28.2 Å². The van der Waals surface area contributed by atoms with Crippen LogP contribution in [0.4, 0.5) is 4.39 Å². The number of carboxylic acids is 1. The minimum atomic E-state index is -3.21. The lowest BCUT2D eigenvalue weighted by Gasteiger charge is -2.27. The second kappa shape index (κ2) is 11.5. The van der Waals surface area contributed by atoms with Crippen molar-refractivity contribution in [1.29, 1.82) is 0 Å². The highest BCUT2D eigenvalue weighted by Gasteiger charge is 2.31. The molecule has 6 rings (SSSR count). The number of thiophene rings is 1. The molecule has 1 aliphatic carbocycles. The fourth-order valence-corrected chi connectivity index (χ4v) is 7.26. The van der Waals surface area contributed by atoms with Gasteiger partial charge in [-0.15, -0.1) is 22.7 Å². The first-order chi connectivity index (χ1) is 20.6. The van der Waals surface area contributed by atoms with Gasteiger partial charge < -0.3 is 5.11 Å². The first kappa shape index (κ1) is 29.0. The molecule has 0 bridgehead atoms. The first-order valence-electron chi connectivity index (χ1n) is 13.5. The number of benzene rings is 2. The van der Waals surface area contributed by atoms with Crippen LogP contribution < -0.4 is 5.14 Å². The van der Waals surface area contributed by atoms with Gasteiger partial charge in [-0.05, 0) is 67.6 Å². The average Bonchev–Trinajstić information content (AvgIpc) is 3.66. The number of halogens is 1.